The Balaban J connectivity index is 1.72. The molecule has 2 aliphatic heterocycles. The van der Waals surface area contributed by atoms with Crippen LogP contribution in [0.2, 0.25) is 0 Å². The first-order valence-corrected chi connectivity index (χ1v) is 7.93. The molecule has 0 aliphatic carbocycles. The Kier molecular flexibility index (Phi) is 4.66. The predicted octanol–water partition coefficient (Wildman–Crippen LogP) is 3.07. The topological polar surface area (TPSA) is 29.5 Å². The number of alkyl halides is 3. The van der Waals surface area contributed by atoms with E-state index in [0.717, 1.165) is 12.1 Å². The van der Waals surface area contributed by atoms with Gasteiger partial charge in [-0.2, -0.15) is 13.2 Å². The molecule has 0 aromatic heterocycles. The molecule has 2 saturated heterocycles. The lowest BCUT2D eigenvalue weighted by Gasteiger charge is -2.46. The van der Waals surface area contributed by atoms with E-state index in [1.54, 1.807) is 0 Å². The highest BCUT2D eigenvalue weighted by Gasteiger charge is 2.39. The number of morpholine rings is 1. The van der Waals surface area contributed by atoms with Crippen LogP contribution in [0.4, 0.5) is 17.6 Å². The normalized spacial score (nSPS) is 28.0. The quantitative estimate of drug-likeness (QED) is 0.789. The van der Waals surface area contributed by atoms with Crippen molar-refractivity contribution in [1.29, 1.82) is 0 Å². The van der Waals surface area contributed by atoms with Gasteiger partial charge in [0.05, 0.1) is 18.8 Å². The van der Waals surface area contributed by atoms with Crippen LogP contribution in [0.25, 0.3) is 0 Å². The van der Waals surface area contributed by atoms with Crippen LogP contribution in [0.1, 0.15) is 24.0 Å². The zero-order valence-corrected chi connectivity index (χ0v) is 13.3. The number of carbonyl (C=O) groups is 1. The number of likely N-dealkylation sites (N-methyl/N-ethyl adjacent to an activating group) is 1. The largest absolute Gasteiger partial charge is 0.416 e. The minimum atomic E-state index is -4.62. The number of halogens is 4. The molecule has 0 saturated carbocycles. The maximum absolute atomic E-state index is 13.5. The van der Waals surface area contributed by atoms with Gasteiger partial charge in [0.15, 0.2) is 0 Å². The van der Waals surface area contributed by atoms with Crippen molar-refractivity contribution < 1.29 is 27.1 Å². The van der Waals surface area contributed by atoms with E-state index in [1.807, 2.05) is 7.05 Å². The van der Waals surface area contributed by atoms with Gasteiger partial charge < -0.3 is 4.74 Å². The summed E-state index contributed by atoms with van der Waals surface area (Å²) in [5, 5.41) is 0. The van der Waals surface area contributed by atoms with E-state index in [0.29, 0.717) is 32.1 Å². The molecule has 132 valence electrons. The van der Waals surface area contributed by atoms with E-state index < -0.39 is 17.6 Å². The summed E-state index contributed by atoms with van der Waals surface area (Å²) in [6.45, 7) is 1.13. The third kappa shape index (κ3) is 3.62. The van der Waals surface area contributed by atoms with Crippen molar-refractivity contribution >= 4 is 5.78 Å². The number of nitrogens with zero attached hydrogens (tertiary/aromatic N) is 1. The number of fused-ring (bicyclic) bond motifs is 2. The number of Topliss-reactive ketones (excluding diaryl/α,β-unsaturated/α-hetero) is 1. The number of hydrogen-bond donors (Lipinski definition) is 0. The Morgan fingerprint density at radius 2 is 1.83 bits per heavy atom. The van der Waals surface area contributed by atoms with Crippen molar-refractivity contribution in [2.45, 2.75) is 37.5 Å². The maximum atomic E-state index is 13.5. The third-order valence-electron chi connectivity index (χ3n) is 5.00. The lowest BCUT2D eigenvalue weighted by Crippen LogP contribution is -2.55. The van der Waals surface area contributed by atoms with E-state index in [4.69, 9.17) is 4.74 Å². The fraction of sp³-hybridized carbons (Fsp3) is 0.588. The first-order valence-electron chi connectivity index (χ1n) is 7.93. The number of benzene rings is 1. The van der Waals surface area contributed by atoms with Crippen LogP contribution < -0.4 is 0 Å². The number of hydrogen-bond acceptors (Lipinski definition) is 3. The summed E-state index contributed by atoms with van der Waals surface area (Å²) in [5.74, 6) is -1.31. The molecule has 2 bridgehead atoms. The van der Waals surface area contributed by atoms with Gasteiger partial charge in [0.1, 0.15) is 11.6 Å². The second-order valence-corrected chi connectivity index (χ2v) is 6.67. The molecule has 24 heavy (non-hydrogen) atoms. The zero-order chi connectivity index (χ0) is 17.5. The first kappa shape index (κ1) is 17.4. The van der Waals surface area contributed by atoms with Gasteiger partial charge in [-0.25, -0.2) is 4.39 Å². The van der Waals surface area contributed by atoms with E-state index in [1.165, 1.54) is 0 Å². The summed E-state index contributed by atoms with van der Waals surface area (Å²) in [7, 11) is 2.00. The van der Waals surface area contributed by atoms with Crippen molar-refractivity contribution in [2.24, 2.45) is 5.92 Å². The summed E-state index contributed by atoms with van der Waals surface area (Å²) < 4.78 is 57.3. The number of carbonyl (C=O) groups excluding carboxylic acids is 1. The highest BCUT2D eigenvalue weighted by Crippen LogP contribution is 2.33. The fourth-order valence-electron chi connectivity index (χ4n) is 3.62. The molecule has 7 heteroatoms. The number of ether oxygens (including phenoxy) is 1. The molecule has 0 radical (unpaired) electrons. The van der Waals surface area contributed by atoms with Crippen LogP contribution in [-0.2, 0) is 22.1 Å². The minimum absolute atomic E-state index is 0.0765. The van der Waals surface area contributed by atoms with Gasteiger partial charge in [0.25, 0.3) is 0 Å². The monoisotopic (exact) mass is 345 g/mol. The molecule has 1 aromatic carbocycles. The molecular formula is C17H19F4NO2. The molecule has 3 nitrogen and oxygen atoms in total. The Hall–Kier alpha value is -1.47. The van der Waals surface area contributed by atoms with Crippen LogP contribution in [0.5, 0.6) is 0 Å². The number of piperidine rings is 1. The molecule has 2 unspecified atom stereocenters. The highest BCUT2D eigenvalue weighted by atomic mass is 19.4. The van der Waals surface area contributed by atoms with Crippen LogP contribution in [0, 0.1) is 11.7 Å². The molecule has 0 N–H and O–H groups in total. The second-order valence-electron chi connectivity index (χ2n) is 6.67. The molecule has 1 aromatic rings. The Labute approximate surface area is 137 Å². The van der Waals surface area contributed by atoms with Crippen LogP contribution in [0.3, 0.4) is 0 Å². The van der Waals surface area contributed by atoms with E-state index in [2.05, 4.69) is 4.90 Å². The maximum Gasteiger partial charge on any atom is 0.416 e. The van der Waals surface area contributed by atoms with Gasteiger partial charge in [-0.05, 0) is 43.7 Å². The summed E-state index contributed by atoms with van der Waals surface area (Å²) >= 11 is 0. The summed E-state index contributed by atoms with van der Waals surface area (Å²) in [5.41, 5.74) is -0.980. The number of rotatable bonds is 3. The molecule has 2 fully saturated rings. The van der Waals surface area contributed by atoms with Gasteiger partial charge >= 0.3 is 6.18 Å². The molecule has 0 spiro atoms. The van der Waals surface area contributed by atoms with Gasteiger partial charge in [-0.3, -0.25) is 9.69 Å². The molecule has 0 amide bonds. The SMILES string of the molecule is CN1C2COCC1CC(C(=O)Cc1cc(F)cc(C(F)(F)F)c1)C2. The van der Waals surface area contributed by atoms with Crippen LogP contribution in [0.15, 0.2) is 18.2 Å². The number of ketones is 1. The first-order chi connectivity index (χ1) is 11.2. The van der Waals surface area contributed by atoms with Crippen molar-refractivity contribution in [3.05, 3.63) is 35.1 Å². The molecular weight excluding hydrogens is 326 g/mol. The minimum Gasteiger partial charge on any atom is -0.378 e. The zero-order valence-electron chi connectivity index (χ0n) is 13.3. The lowest BCUT2D eigenvalue weighted by atomic mass is 9.81. The fourth-order valence-corrected chi connectivity index (χ4v) is 3.62. The standard InChI is InChI=1S/C17H19F4NO2/c1-22-14-5-11(6-15(22)9-24-8-14)16(23)4-10-2-12(17(19,20)21)7-13(18)3-10/h2-3,7,11,14-15H,4-6,8-9H2,1H3. The molecule has 2 atom stereocenters. The molecule has 2 heterocycles. The van der Waals surface area contributed by atoms with Gasteiger partial charge in [0, 0.05) is 24.4 Å². The predicted molar refractivity (Wildman–Crippen MR) is 79.0 cm³/mol. The Morgan fingerprint density at radius 1 is 1.21 bits per heavy atom. The average Bonchev–Trinajstić information content (AvgIpc) is 2.45. The second kappa shape index (κ2) is 6.44. The van der Waals surface area contributed by atoms with Crippen molar-refractivity contribution in [2.75, 3.05) is 20.3 Å². The molecule has 2 aliphatic rings. The Morgan fingerprint density at radius 3 is 2.42 bits per heavy atom. The summed E-state index contributed by atoms with van der Waals surface area (Å²) in [6.07, 6.45) is -3.53. The molecule has 3 rings (SSSR count). The van der Waals surface area contributed by atoms with Crippen LogP contribution >= 0.6 is 0 Å². The van der Waals surface area contributed by atoms with Crippen molar-refractivity contribution in [3.8, 4) is 0 Å². The van der Waals surface area contributed by atoms with E-state index >= 15 is 0 Å². The average molecular weight is 345 g/mol. The van der Waals surface area contributed by atoms with Gasteiger partial charge in [-0.15, -0.1) is 0 Å². The summed E-state index contributed by atoms with van der Waals surface area (Å²) in [4.78, 5) is 14.7. The van der Waals surface area contributed by atoms with Gasteiger partial charge in [-0.1, -0.05) is 0 Å². The Bertz CT molecular complexity index is 618. The lowest BCUT2D eigenvalue weighted by molar-refractivity contribution is -0.138. The van der Waals surface area contributed by atoms with E-state index in [-0.39, 0.29) is 35.8 Å². The van der Waals surface area contributed by atoms with Crippen molar-refractivity contribution in [1.82, 2.24) is 4.90 Å². The van der Waals surface area contributed by atoms with Crippen molar-refractivity contribution in [3.63, 3.8) is 0 Å². The van der Waals surface area contributed by atoms with E-state index in [9.17, 15) is 22.4 Å². The smallest absolute Gasteiger partial charge is 0.378 e. The van der Waals surface area contributed by atoms with Gasteiger partial charge in [0.2, 0.25) is 0 Å². The summed E-state index contributed by atoms with van der Waals surface area (Å²) in [6, 6.07) is 2.63. The third-order valence-corrected chi connectivity index (χ3v) is 5.00. The van der Waals surface area contributed by atoms with Crippen LogP contribution in [-0.4, -0.2) is 43.0 Å². The highest BCUT2D eigenvalue weighted by molar-refractivity contribution is 5.83.